The lowest BCUT2D eigenvalue weighted by Gasteiger charge is -2.30. The Morgan fingerprint density at radius 1 is 1.24 bits per heavy atom. The normalized spacial score (nSPS) is 31.5. The number of hydrogen-bond donors (Lipinski definition) is 1. The lowest BCUT2D eigenvalue weighted by Crippen LogP contribution is -2.35. The third kappa shape index (κ3) is 1.69. The van der Waals surface area contributed by atoms with Crippen molar-refractivity contribution < 1.29 is 9.47 Å². The van der Waals surface area contributed by atoms with Crippen molar-refractivity contribution in [2.45, 2.75) is 31.7 Å². The Bertz CT molecular complexity index is 432. The zero-order valence-corrected chi connectivity index (χ0v) is 10.5. The molecule has 3 rings (SSSR count). The summed E-state index contributed by atoms with van der Waals surface area (Å²) >= 11 is 0. The van der Waals surface area contributed by atoms with Crippen molar-refractivity contribution in [3.8, 4) is 11.5 Å². The van der Waals surface area contributed by atoms with Gasteiger partial charge in [-0.15, -0.1) is 0 Å². The molecule has 0 aromatic heterocycles. The van der Waals surface area contributed by atoms with Crippen LogP contribution in [0.25, 0.3) is 0 Å². The quantitative estimate of drug-likeness (QED) is 0.805. The SMILES string of the molecule is CC1NCCC1(C)c1ccc2c(c1)OCCO2. The van der Waals surface area contributed by atoms with Gasteiger partial charge in [-0.3, -0.25) is 0 Å². The topological polar surface area (TPSA) is 30.5 Å². The van der Waals surface area contributed by atoms with Gasteiger partial charge >= 0.3 is 0 Å². The molecule has 2 atom stereocenters. The zero-order chi connectivity index (χ0) is 11.9. The number of fused-ring (bicyclic) bond motifs is 1. The highest BCUT2D eigenvalue weighted by molar-refractivity contribution is 5.46. The Balaban J connectivity index is 1.98. The summed E-state index contributed by atoms with van der Waals surface area (Å²) in [7, 11) is 0. The fraction of sp³-hybridized carbons (Fsp3) is 0.571. The fourth-order valence-corrected chi connectivity index (χ4v) is 2.78. The van der Waals surface area contributed by atoms with E-state index in [2.05, 4.69) is 31.3 Å². The molecule has 2 aliphatic rings. The van der Waals surface area contributed by atoms with Gasteiger partial charge in [0.1, 0.15) is 13.2 Å². The van der Waals surface area contributed by atoms with Gasteiger partial charge in [0.05, 0.1) is 0 Å². The molecule has 0 radical (unpaired) electrons. The molecule has 2 heterocycles. The highest BCUT2D eigenvalue weighted by Gasteiger charge is 2.37. The minimum atomic E-state index is 0.204. The standard InChI is InChI=1S/C14H19NO2/c1-10-14(2,5-6-15-10)11-3-4-12-13(9-11)17-8-7-16-12/h3-4,9-10,15H,5-8H2,1-2H3. The number of benzene rings is 1. The molecule has 1 fully saturated rings. The molecule has 0 saturated carbocycles. The van der Waals surface area contributed by atoms with Crippen LogP contribution in [0.3, 0.4) is 0 Å². The van der Waals surface area contributed by atoms with Gasteiger partial charge in [-0.25, -0.2) is 0 Å². The molecule has 2 unspecified atom stereocenters. The smallest absolute Gasteiger partial charge is 0.161 e. The van der Waals surface area contributed by atoms with E-state index in [-0.39, 0.29) is 5.41 Å². The van der Waals surface area contributed by atoms with Crippen LogP contribution in [0.15, 0.2) is 18.2 Å². The largest absolute Gasteiger partial charge is 0.486 e. The maximum atomic E-state index is 5.66. The van der Waals surface area contributed by atoms with Gasteiger partial charge in [0.2, 0.25) is 0 Å². The number of hydrogen-bond acceptors (Lipinski definition) is 3. The first kappa shape index (κ1) is 10.9. The molecule has 3 nitrogen and oxygen atoms in total. The second-order valence-corrected chi connectivity index (χ2v) is 5.20. The minimum Gasteiger partial charge on any atom is -0.486 e. The van der Waals surface area contributed by atoms with E-state index < -0.39 is 0 Å². The first-order chi connectivity index (χ1) is 8.20. The predicted octanol–water partition coefficient (Wildman–Crippen LogP) is 2.10. The summed E-state index contributed by atoms with van der Waals surface area (Å²) in [6.45, 7) is 6.97. The molecule has 0 aliphatic carbocycles. The van der Waals surface area contributed by atoms with Crippen LogP contribution in [0.4, 0.5) is 0 Å². The van der Waals surface area contributed by atoms with Crippen LogP contribution in [0.2, 0.25) is 0 Å². The van der Waals surface area contributed by atoms with Crippen LogP contribution >= 0.6 is 0 Å². The first-order valence-corrected chi connectivity index (χ1v) is 6.34. The molecular weight excluding hydrogens is 214 g/mol. The average molecular weight is 233 g/mol. The van der Waals surface area contributed by atoms with E-state index in [4.69, 9.17) is 9.47 Å². The molecular formula is C14H19NO2. The van der Waals surface area contributed by atoms with Crippen LogP contribution in [0.1, 0.15) is 25.8 Å². The van der Waals surface area contributed by atoms with E-state index in [1.54, 1.807) is 0 Å². The third-order valence-electron chi connectivity index (χ3n) is 4.25. The van der Waals surface area contributed by atoms with Crippen LogP contribution in [0.5, 0.6) is 11.5 Å². The van der Waals surface area contributed by atoms with Gasteiger partial charge in [0.15, 0.2) is 11.5 Å². The minimum absolute atomic E-state index is 0.204. The van der Waals surface area contributed by atoms with Crippen molar-refractivity contribution in [1.29, 1.82) is 0 Å². The van der Waals surface area contributed by atoms with Crippen molar-refractivity contribution in [1.82, 2.24) is 5.32 Å². The Hall–Kier alpha value is -1.22. The van der Waals surface area contributed by atoms with Crippen LogP contribution in [0, 0.1) is 0 Å². The van der Waals surface area contributed by atoms with Gasteiger partial charge in [-0.2, -0.15) is 0 Å². The van der Waals surface area contributed by atoms with Gasteiger partial charge in [0.25, 0.3) is 0 Å². The van der Waals surface area contributed by atoms with E-state index in [1.165, 1.54) is 12.0 Å². The monoisotopic (exact) mass is 233 g/mol. The van der Waals surface area contributed by atoms with E-state index >= 15 is 0 Å². The van der Waals surface area contributed by atoms with Crippen molar-refractivity contribution in [3.05, 3.63) is 23.8 Å². The Morgan fingerprint density at radius 2 is 2.00 bits per heavy atom. The Morgan fingerprint density at radius 3 is 2.71 bits per heavy atom. The van der Waals surface area contributed by atoms with Crippen LogP contribution in [-0.4, -0.2) is 25.8 Å². The van der Waals surface area contributed by atoms with Crippen molar-refractivity contribution in [2.75, 3.05) is 19.8 Å². The summed E-state index contributed by atoms with van der Waals surface area (Å²) in [5.74, 6) is 1.77. The molecule has 1 aromatic carbocycles. The third-order valence-corrected chi connectivity index (χ3v) is 4.25. The molecule has 1 N–H and O–H groups in total. The first-order valence-electron chi connectivity index (χ1n) is 6.34. The number of nitrogens with one attached hydrogen (secondary N) is 1. The van der Waals surface area contributed by atoms with E-state index in [0.29, 0.717) is 19.3 Å². The van der Waals surface area contributed by atoms with E-state index in [0.717, 1.165) is 18.0 Å². The van der Waals surface area contributed by atoms with Crippen molar-refractivity contribution >= 4 is 0 Å². The molecule has 0 bridgehead atoms. The summed E-state index contributed by atoms with van der Waals surface area (Å²) in [5.41, 5.74) is 1.55. The molecule has 3 heteroatoms. The van der Waals surface area contributed by atoms with Crippen molar-refractivity contribution in [3.63, 3.8) is 0 Å². The maximum Gasteiger partial charge on any atom is 0.161 e. The van der Waals surface area contributed by atoms with Gasteiger partial charge in [-0.05, 0) is 37.6 Å². The van der Waals surface area contributed by atoms with Gasteiger partial charge in [-0.1, -0.05) is 13.0 Å². The predicted molar refractivity (Wildman–Crippen MR) is 66.9 cm³/mol. The maximum absolute atomic E-state index is 5.66. The average Bonchev–Trinajstić information content (AvgIpc) is 2.70. The highest BCUT2D eigenvalue weighted by Crippen LogP contribution is 2.40. The second-order valence-electron chi connectivity index (χ2n) is 5.20. The summed E-state index contributed by atoms with van der Waals surface area (Å²) in [5, 5.41) is 3.52. The summed E-state index contributed by atoms with van der Waals surface area (Å²) in [4.78, 5) is 0. The molecule has 17 heavy (non-hydrogen) atoms. The highest BCUT2D eigenvalue weighted by atomic mass is 16.6. The van der Waals surface area contributed by atoms with Gasteiger partial charge in [0, 0.05) is 11.5 Å². The molecule has 92 valence electrons. The molecule has 0 spiro atoms. The summed E-state index contributed by atoms with van der Waals surface area (Å²) < 4.78 is 11.2. The summed E-state index contributed by atoms with van der Waals surface area (Å²) in [6, 6.07) is 6.87. The van der Waals surface area contributed by atoms with Gasteiger partial charge < -0.3 is 14.8 Å². The molecule has 2 aliphatic heterocycles. The number of rotatable bonds is 1. The van der Waals surface area contributed by atoms with E-state index in [1.807, 2.05) is 6.07 Å². The van der Waals surface area contributed by atoms with E-state index in [9.17, 15) is 0 Å². The summed E-state index contributed by atoms with van der Waals surface area (Å²) in [6.07, 6.45) is 1.17. The zero-order valence-electron chi connectivity index (χ0n) is 10.5. The second kappa shape index (κ2) is 3.91. The lowest BCUT2D eigenvalue weighted by atomic mass is 9.76. The molecule has 1 saturated heterocycles. The Labute approximate surface area is 102 Å². The molecule has 0 amide bonds. The lowest BCUT2D eigenvalue weighted by molar-refractivity contribution is 0.171. The van der Waals surface area contributed by atoms with Crippen LogP contribution in [-0.2, 0) is 5.41 Å². The number of ether oxygens (including phenoxy) is 2. The molecule has 1 aromatic rings. The van der Waals surface area contributed by atoms with Crippen LogP contribution < -0.4 is 14.8 Å². The Kier molecular flexibility index (Phi) is 2.51. The fourth-order valence-electron chi connectivity index (χ4n) is 2.78. The van der Waals surface area contributed by atoms with Crippen molar-refractivity contribution in [2.24, 2.45) is 0 Å².